The Morgan fingerprint density at radius 3 is 2.32 bits per heavy atom. The van der Waals surface area contributed by atoms with E-state index in [4.69, 9.17) is 4.74 Å². The molecule has 0 spiro atoms. The van der Waals surface area contributed by atoms with E-state index >= 15 is 0 Å². The summed E-state index contributed by atoms with van der Waals surface area (Å²) >= 11 is 0. The maximum Gasteiger partial charge on any atom is 0.0797 e. The molecule has 1 N–H and O–H groups in total. The molecule has 2 rings (SSSR count). The van der Waals surface area contributed by atoms with Crippen molar-refractivity contribution in [3.63, 3.8) is 0 Å². The first-order valence-electron chi connectivity index (χ1n) is 7.73. The fraction of sp³-hybridized carbons (Fsp3) is 0.647. The number of rotatable bonds is 8. The molecule has 19 heavy (non-hydrogen) atoms. The van der Waals surface area contributed by atoms with Gasteiger partial charge in [-0.3, -0.25) is 0 Å². The van der Waals surface area contributed by atoms with Crippen molar-refractivity contribution in [1.82, 2.24) is 5.32 Å². The number of benzene rings is 1. The minimum absolute atomic E-state index is 0.331. The first-order valence-corrected chi connectivity index (χ1v) is 7.73. The third kappa shape index (κ3) is 3.80. The summed E-state index contributed by atoms with van der Waals surface area (Å²) in [5.41, 5.74) is 2.77. The lowest BCUT2D eigenvalue weighted by molar-refractivity contribution is 0.0189. The van der Waals surface area contributed by atoms with Crippen LogP contribution in [0.15, 0.2) is 24.3 Å². The summed E-state index contributed by atoms with van der Waals surface area (Å²) in [4.78, 5) is 0. The van der Waals surface area contributed by atoms with E-state index in [0.29, 0.717) is 12.1 Å². The number of hydrogen-bond acceptors (Lipinski definition) is 2. The highest BCUT2D eigenvalue weighted by atomic mass is 16.5. The van der Waals surface area contributed by atoms with Crippen molar-refractivity contribution in [3.8, 4) is 0 Å². The Morgan fingerprint density at radius 1 is 1.16 bits per heavy atom. The minimum atomic E-state index is 0.331. The van der Waals surface area contributed by atoms with Crippen molar-refractivity contribution in [2.45, 2.75) is 52.2 Å². The van der Waals surface area contributed by atoms with Crippen LogP contribution in [0.2, 0.25) is 0 Å². The Bertz CT molecular complexity index is 369. The first kappa shape index (κ1) is 14.5. The summed E-state index contributed by atoms with van der Waals surface area (Å²) in [7, 11) is 0. The molecule has 0 bridgehead atoms. The monoisotopic (exact) mass is 261 g/mol. The van der Waals surface area contributed by atoms with Gasteiger partial charge in [-0.15, -0.1) is 0 Å². The molecular formula is C17H27NO. The standard InChI is InChI=1S/C17H27NO/c1-4-13-7-9-14(10-8-13)16(18-5-2)17(19-6-3)15-11-12-15/h7-10,15-18H,4-6,11-12H2,1-3H3. The summed E-state index contributed by atoms with van der Waals surface area (Å²) in [5, 5.41) is 3.62. The van der Waals surface area contributed by atoms with Crippen LogP contribution in [-0.2, 0) is 11.2 Å². The van der Waals surface area contributed by atoms with Crippen molar-refractivity contribution in [3.05, 3.63) is 35.4 Å². The number of aryl methyl sites for hydroxylation is 1. The van der Waals surface area contributed by atoms with Crippen molar-refractivity contribution in [2.24, 2.45) is 5.92 Å². The summed E-state index contributed by atoms with van der Waals surface area (Å²) in [6.07, 6.45) is 4.07. The average molecular weight is 261 g/mol. The molecule has 0 aromatic heterocycles. The van der Waals surface area contributed by atoms with Gasteiger partial charge in [0, 0.05) is 6.61 Å². The molecule has 1 aromatic rings. The van der Waals surface area contributed by atoms with E-state index in [1.54, 1.807) is 0 Å². The van der Waals surface area contributed by atoms with E-state index in [0.717, 1.165) is 25.5 Å². The van der Waals surface area contributed by atoms with Gasteiger partial charge in [0.05, 0.1) is 12.1 Å². The highest BCUT2D eigenvalue weighted by molar-refractivity contribution is 5.26. The van der Waals surface area contributed by atoms with Crippen LogP contribution < -0.4 is 5.32 Å². The molecule has 106 valence electrons. The number of hydrogen-bond donors (Lipinski definition) is 1. The van der Waals surface area contributed by atoms with Crippen LogP contribution in [0.4, 0.5) is 0 Å². The van der Waals surface area contributed by atoms with Crippen LogP contribution in [-0.4, -0.2) is 19.3 Å². The summed E-state index contributed by atoms with van der Waals surface area (Å²) in [5.74, 6) is 0.745. The van der Waals surface area contributed by atoms with Gasteiger partial charge >= 0.3 is 0 Å². The largest absolute Gasteiger partial charge is 0.376 e. The smallest absolute Gasteiger partial charge is 0.0797 e. The molecule has 0 amide bonds. The maximum absolute atomic E-state index is 6.03. The molecule has 2 heteroatoms. The second-order valence-corrected chi connectivity index (χ2v) is 5.39. The van der Waals surface area contributed by atoms with Crippen LogP contribution in [0.1, 0.15) is 50.8 Å². The molecule has 1 fully saturated rings. The van der Waals surface area contributed by atoms with E-state index < -0.39 is 0 Å². The van der Waals surface area contributed by atoms with Crippen LogP contribution >= 0.6 is 0 Å². The van der Waals surface area contributed by atoms with Gasteiger partial charge in [0.1, 0.15) is 0 Å². The van der Waals surface area contributed by atoms with Crippen molar-refractivity contribution in [2.75, 3.05) is 13.2 Å². The van der Waals surface area contributed by atoms with Gasteiger partial charge in [0.15, 0.2) is 0 Å². The van der Waals surface area contributed by atoms with E-state index in [1.807, 2.05) is 0 Å². The molecular weight excluding hydrogens is 234 g/mol. The van der Waals surface area contributed by atoms with Crippen LogP contribution in [0, 0.1) is 5.92 Å². The third-order valence-electron chi connectivity index (χ3n) is 3.95. The van der Waals surface area contributed by atoms with Gasteiger partial charge in [-0.25, -0.2) is 0 Å². The topological polar surface area (TPSA) is 21.3 Å². The number of likely N-dealkylation sites (N-methyl/N-ethyl adjacent to an activating group) is 1. The fourth-order valence-corrected chi connectivity index (χ4v) is 2.73. The molecule has 0 saturated heterocycles. The Balaban J connectivity index is 2.16. The Labute approximate surface area is 117 Å². The predicted molar refractivity (Wildman–Crippen MR) is 80.4 cm³/mol. The lowest BCUT2D eigenvalue weighted by Crippen LogP contribution is -2.35. The third-order valence-corrected chi connectivity index (χ3v) is 3.95. The maximum atomic E-state index is 6.03. The number of ether oxygens (including phenoxy) is 1. The highest BCUT2D eigenvalue weighted by Crippen LogP contribution is 2.40. The zero-order valence-corrected chi connectivity index (χ0v) is 12.5. The van der Waals surface area contributed by atoms with Gasteiger partial charge in [0.2, 0.25) is 0 Å². The van der Waals surface area contributed by atoms with E-state index in [-0.39, 0.29) is 0 Å². The summed E-state index contributed by atoms with van der Waals surface area (Å²) in [6, 6.07) is 9.36. The van der Waals surface area contributed by atoms with Gasteiger partial charge in [-0.1, -0.05) is 38.1 Å². The first-order chi connectivity index (χ1) is 9.30. The van der Waals surface area contributed by atoms with Crippen LogP contribution in [0.5, 0.6) is 0 Å². The van der Waals surface area contributed by atoms with E-state index in [9.17, 15) is 0 Å². The fourth-order valence-electron chi connectivity index (χ4n) is 2.73. The van der Waals surface area contributed by atoms with Gasteiger partial charge in [-0.2, -0.15) is 0 Å². The van der Waals surface area contributed by atoms with Crippen LogP contribution in [0.3, 0.4) is 0 Å². The molecule has 2 unspecified atom stereocenters. The van der Waals surface area contributed by atoms with Crippen molar-refractivity contribution >= 4 is 0 Å². The molecule has 2 nitrogen and oxygen atoms in total. The molecule has 0 heterocycles. The zero-order valence-electron chi connectivity index (χ0n) is 12.5. The summed E-state index contributed by atoms with van der Waals surface area (Å²) < 4.78 is 6.03. The molecule has 1 aliphatic carbocycles. The number of nitrogens with one attached hydrogen (secondary N) is 1. The predicted octanol–water partition coefficient (Wildman–Crippen LogP) is 3.71. The molecule has 1 aliphatic rings. The van der Waals surface area contributed by atoms with Gasteiger partial charge < -0.3 is 10.1 Å². The highest BCUT2D eigenvalue weighted by Gasteiger charge is 2.37. The lowest BCUT2D eigenvalue weighted by atomic mass is 9.96. The second kappa shape index (κ2) is 7.06. The normalized spacial score (nSPS) is 18.3. The average Bonchev–Trinajstić information content (AvgIpc) is 3.27. The zero-order chi connectivity index (χ0) is 13.7. The van der Waals surface area contributed by atoms with E-state index in [2.05, 4.69) is 50.4 Å². The van der Waals surface area contributed by atoms with Crippen molar-refractivity contribution in [1.29, 1.82) is 0 Å². The SMILES string of the molecule is CCNC(c1ccc(CC)cc1)C(OCC)C1CC1. The van der Waals surface area contributed by atoms with Gasteiger partial charge in [0.25, 0.3) is 0 Å². The minimum Gasteiger partial charge on any atom is -0.376 e. The van der Waals surface area contributed by atoms with Crippen LogP contribution in [0.25, 0.3) is 0 Å². The Kier molecular flexibility index (Phi) is 5.41. The molecule has 1 saturated carbocycles. The molecule has 0 radical (unpaired) electrons. The lowest BCUT2D eigenvalue weighted by Gasteiger charge is -2.28. The van der Waals surface area contributed by atoms with Gasteiger partial charge in [-0.05, 0) is 49.8 Å². The second-order valence-electron chi connectivity index (χ2n) is 5.39. The molecule has 0 aliphatic heterocycles. The van der Waals surface area contributed by atoms with Crippen molar-refractivity contribution < 1.29 is 4.74 Å². The molecule has 1 aromatic carbocycles. The summed E-state index contributed by atoms with van der Waals surface area (Å²) in [6.45, 7) is 8.25. The van der Waals surface area contributed by atoms with E-state index in [1.165, 1.54) is 24.0 Å². The Hall–Kier alpha value is -0.860. The Morgan fingerprint density at radius 2 is 1.84 bits per heavy atom. The molecule has 2 atom stereocenters. The quantitative estimate of drug-likeness (QED) is 0.770.